The Hall–Kier alpha value is -3.00. The van der Waals surface area contributed by atoms with Crippen LogP contribution in [0.5, 0.6) is 5.75 Å². The van der Waals surface area contributed by atoms with E-state index >= 15 is 0 Å². The molecule has 0 spiro atoms. The normalized spacial score (nSPS) is 12.1. The maximum absolute atomic E-state index is 12.7. The van der Waals surface area contributed by atoms with Crippen molar-refractivity contribution < 1.29 is 18.7 Å². The van der Waals surface area contributed by atoms with Gasteiger partial charge in [0.1, 0.15) is 23.3 Å². The minimum absolute atomic E-state index is 0.156. The summed E-state index contributed by atoms with van der Waals surface area (Å²) in [5.74, 6) is 0.709. The third-order valence-corrected chi connectivity index (χ3v) is 5.53. The Morgan fingerprint density at radius 3 is 2.43 bits per heavy atom. The first-order chi connectivity index (χ1) is 16.7. The standard InChI is InChI=1S/C25H24Cl3N3O4/c1-15(2)11-22(30-24(32)14-34-18-6-3-16(26)4-7-18)25(33)31-29-13-19-8-10-23(35-19)20-9-5-17(27)12-21(20)28/h3-10,12-13,15,22H,11,14H2,1-2H3,(H,30,32)(H,31,33)/b29-13-/t22-/m1/s1. The monoisotopic (exact) mass is 535 g/mol. The molecule has 2 aromatic carbocycles. The van der Waals surface area contributed by atoms with Crippen molar-refractivity contribution in [2.24, 2.45) is 11.0 Å². The van der Waals surface area contributed by atoms with Crippen molar-refractivity contribution in [3.05, 3.63) is 75.4 Å². The van der Waals surface area contributed by atoms with E-state index in [4.69, 9.17) is 44.0 Å². The molecule has 0 saturated heterocycles. The summed E-state index contributed by atoms with van der Waals surface area (Å²) in [4.78, 5) is 25.0. The van der Waals surface area contributed by atoms with Crippen LogP contribution in [0.4, 0.5) is 0 Å². The zero-order valence-corrected chi connectivity index (χ0v) is 21.3. The fourth-order valence-corrected chi connectivity index (χ4v) is 3.74. The highest BCUT2D eigenvalue weighted by molar-refractivity contribution is 6.36. The van der Waals surface area contributed by atoms with Crippen LogP contribution < -0.4 is 15.5 Å². The molecular weight excluding hydrogens is 513 g/mol. The summed E-state index contributed by atoms with van der Waals surface area (Å²) in [6.45, 7) is 3.66. The fourth-order valence-electron chi connectivity index (χ4n) is 3.11. The summed E-state index contributed by atoms with van der Waals surface area (Å²) >= 11 is 18.0. The summed E-state index contributed by atoms with van der Waals surface area (Å²) < 4.78 is 11.2. The molecule has 35 heavy (non-hydrogen) atoms. The highest BCUT2D eigenvalue weighted by Gasteiger charge is 2.22. The quantitative estimate of drug-likeness (QED) is 0.247. The number of benzene rings is 2. The van der Waals surface area contributed by atoms with Crippen LogP contribution in [0.1, 0.15) is 26.0 Å². The van der Waals surface area contributed by atoms with Crippen LogP contribution in [0.3, 0.4) is 0 Å². The number of amides is 2. The molecule has 0 fully saturated rings. The number of nitrogens with one attached hydrogen (secondary N) is 2. The van der Waals surface area contributed by atoms with Gasteiger partial charge in [0.25, 0.3) is 11.8 Å². The van der Waals surface area contributed by atoms with Crippen molar-refractivity contribution in [2.75, 3.05) is 6.61 Å². The molecule has 184 valence electrons. The number of hydrazone groups is 1. The van der Waals surface area contributed by atoms with Gasteiger partial charge in [0.2, 0.25) is 0 Å². The second-order valence-corrected chi connectivity index (χ2v) is 9.33. The Labute approximate surface area is 218 Å². The summed E-state index contributed by atoms with van der Waals surface area (Å²) in [5, 5.41) is 8.19. The molecule has 0 unspecified atom stereocenters. The predicted molar refractivity (Wildman–Crippen MR) is 138 cm³/mol. The van der Waals surface area contributed by atoms with Gasteiger partial charge in [0, 0.05) is 15.6 Å². The van der Waals surface area contributed by atoms with Crippen LogP contribution in [0.2, 0.25) is 15.1 Å². The molecule has 7 nitrogen and oxygen atoms in total. The molecule has 0 aliphatic carbocycles. The van der Waals surface area contributed by atoms with Gasteiger partial charge in [-0.25, -0.2) is 5.43 Å². The van der Waals surface area contributed by atoms with Crippen LogP contribution in [0.15, 0.2) is 64.1 Å². The van der Waals surface area contributed by atoms with E-state index in [0.717, 1.165) is 0 Å². The molecule has 2 N–H and O–H groups in total. The average molecular weight is 537 g/mol. The van der Waals surface area contributed by atoms with Gasteiger partial charge < -0.3 is 14.5 Å². The van der Waals surface area contributed by atoms with Crippen molar-refractivity contribution in [3.8, 4) is 17.1 Å². The second-order valence-electron chi connectivity index (χ2n) is 8.05. The second kappa shape index (κ2) is 12.6. The minimum atomic E-state index is -0.784. The van der Waals surface area contributed by atoms with Gasteiger partial charge in [0.15, 0.2) is 6.61 Å². The lowest BCUT2D eigenvalue weighted by molar-refractivity contribution is -0.130. The smallest absolute Gasteiger partial charge is 0.262 e. The van der Waals surface area contributed by atoms with E-state index < -0.39 is 17.9 Å². The highest BCUT2D eigenvalue weighted by Crippen LogP contribution is 2.31. The van der Waals surface area contributed by atoms with E-state index in [1.165, 1.54) is 6.21 Å². The van der Waals surface area contributed by atoms with Crippen LogP contribution in [0.25, 0.3) is 11.3 Å². The number of ether oxygens (including phenoxy) is 1. The molecule has 1 atom stereocenters. The van der Waals surface area contributed by atoms with E-state index in [9.17, 15) is 9.59 Å². The van der Waals surface area contributed by atoms with Gasteiger partial charge in [0.05, 0.1) is 11.2 Å². The lowest BCUT2D eigenvalue weighted by Gasteiger charge is -2.19. The maximum Gasteiger partial charge on any atom is 0.262 e. The van der Waals surface area contributed by atoms with E-state index in [1.54, 1.807) is 54.6 Å². The number of carbonyl (C=O) groups is 2. The molecule has 3 rings (SSSR count). The van der Waals surface area contributed by atoms with Gasteiger partial charge in [-0.15, -0.1) is 0 Å². The third-order valence-electron chi connectivity index (χ3n) is 4.73. The zero-order valence-electron chi connectivity index (χ0n) is 19.1. The maximum atomic E-state index is 12.7. The number of furan rings is 1. The first-order valence-corrected chi connectivity index (χ1v) is 11.9. The molecule has 3 aromatic rings. The number of rotatable bonds is 10. The Bertz CT molecular complexity index is 1190. The Morgan fingerprint density at radius 1 is 1.03 bits per heavy atom. The highest BCUT2D eigenvalue weighted by atomic mass is 35.5. The Kier molecular flexibility index (Phi) is 9.60. The fraction of sp³-hybridized carbons (Fsp3) is 0.240. The van der Waals surface area contributed by atoms with Crippen LogP contribution in [0, 0.1) is 5.92 Å². The van der Waals surface area contributed by atoms with Crippen molar-refractivity contribution in [1.82, 2.24) is 10.7 Å². The van der Waals surface area contributed by atoms with Gasteiger partial charge >= 0.3 is 0 Å². The minimum Gasteiger partial charge on any atom is -0.484 e. The van der Waals surface area contributed by atoms with E-state index in [0.29, 0.717) is 44.3 Å². The Balaban J connectivity index is 1.56. The first-order valence-electron chi connectivity index (χ1n) is 10.8. The third kappa shape index (κ3) is 8.31. The number of hydrogen-bond acceptors (Lipinski definition) is 5. The molecule has 0 aliphatic rings. The molecule has 1 aromatic heterocycles. The van der Waals surface area contributed by atoms with E-state index in [2.05, 4.69) is 15.8 Å². The topological polar surface area (TPSA) is 92.9 Å². The molecule has 0 saturated carbocycles. The zero-order chi connectivity index (χ0) is 25.4. The predicted octanol–water partition coefficient (Wildman–Crippen LogP) is 5.97. The van der Waals surface area contributed by atoms with Gasteiger partial charge in [-0.3, -0.25) is 9.59 Å². The first kappa shape index (κ1) is 26.6. The van der Waals surface area contributed by atoms with Gasteiger partial charge in [-0.2, -0.15) is 5.10 Å². The van der Waals surface area contributed by atoms with Gasteiger partial charge in [-0.1, -0.05) is 48.7 Å². The number of carbonyl (C=O) groups excluding carboxylic acids is 2. The van der Waals surface area contributed by atoms with E-state index in [1.807, 2.05) is 13.8 Å². The molecule has 0 aliphatic heterocycles. The number of halogens is 3. The molecule has 0 bridgehead atoms. The summed E-state index contributed by atoms with van der Waals surface area (Å²) in [6.07, 6.45) is 1.79. The molecule has 1 heterocycles. The molecule has 10 heteroatoms. The number of nitrogens with zero attached hydrogens (tertiary/aromatic N) is 1. The van der Waals surface area contributed by atoms with Crippen LogP contribution in [-0.4, -0.2) is 30.7 Å². The summed E-state index contributed by atoms with van der Waals surface area (Å²) in [7, 11) is 0. The Morgan fingerprint density at radius 2 is 1.74 bits per heavy atom. The lowest BCUT2D eigenvalue weighted by Crippen LogP contribution is -2.47. The molecule has 0 radical (unpaired) electrons. The summed E-state index contributed by atoms with van der Waals surface area (Å²) in [5.41, 5.74) is 3.13. The number of hydrogen-bond donors (Lipinski definition) is 2. The van der Waals surface area contributed by atoms with Crippen molar-refractivity contribution in [1.29, 1.82) is 0 Å². The largest absolute Gasteiger partial charge is 0.484 e. The van der Waals surface area contributed by atoms with E-state index in [-0.39, 0.29) is 12.5 Å². The van der Waals surface area contributed by atoms with Crippen LogP contribution in [-0.2, 0) is 9.59 Å². The summed E-state index contributed by atoms with van der Waals surface area (Å²) in [6, 6.07) is 14.4. The molecular formula is C25H24Cl3N3O4. The van der Waals surface area contributed by atoms with Crippen molar-refractivity contribution in [2.45, 2.75) is 26.3 Å². The van der Waals surface area contributed by atoms with Crippen LogP contribution >= 0.6 is 34.8 Å². The van der Waals surface area contributed by atoms with Gasteiger partial charge in [-0.05, 0) is 66.9 Å². The lowest BCUT2D eigenvalue weighted by atomic mass is 10.0. The van der Waals surface area contributed by atoms with Crippen molar-refractivity contribution >= 4 is 52.8 Å². The van der Waals surface area contributed by atoms with Crippen molar-refractivity contribution in [3.63, 3.8) is 0 Å². The SMILES string of the molecule is CC(C)C[C@@H](NC(=O)COc1ccc(Cl)cc1)C(=O)N/N=C\c1ccc(-c2ccc(Cl)cc2Cl)o1. The molecule has 2 amide bonds. The average Bonchev–Trinajstić information content (AvgIpc) is 3.26.